The first-order chi connectivity index (χ1) is 19.9. The number of Topliss-reactive ketones (excluding diaryl/α,β-unsaturated/α-hetero) is 1. The van der Waals surface area contributed by atoms with Crippen molar-refractivity contribution in [3.05, 3.63) is 111 Å². The number of halogens is 2. The first kappa shape index (κ1) is 27.2. The summed E-state index contributed by atoms with van der Waals surface area (Å²) in [5.41, 5.74) is 1.29. The van der Waals surface area contributed by atoms with Gasteiger partial charge in [-0.15, -0.1) is 10.2 Å². The largest absolute Gasteiger partial charge is 0.503 e. The number of thioether (sulfide) groups is 1. The molecule has 12 heteroatoms. The smallest absolute Gasteiger partial charge is 0.296 e. The number of carbonyl (C=O) groups is 2. The summed E-state index contributed by atoms with van der Waals surface area (Å²) in [6.45, 7) is 0. The lowest BCUT2D eigenvalue weighted by molar-refractivity contribution is -0.117. The monoisotopic (exact) mass is 651 g/mol. The zero-order valence-corrected chi connectivity index (χ0v) is 24.4. The van der Waals surface area contributed by atoms with E-state index in [4.69, 9.17) is 9.15 Å². The lowest BCUT2D eigenvalue weighted by Gasteiger charge is -2.24. The van der Waals surface area contributed by atoms with Crippen LogP contribution in [0.4, 0.5) is 9.52 Å². The third-order valence-electron chi connectivity index (χ3n) is 6.48. The molecular formula is C29H19BrFN3O5S2. The second-order valence-corrected chi connectivity index (χ2v) is 12.0. The molecule has 6 rings (SSSR count). The summed E-state index contributed by atoms with van der Waals surface area (Å²) < 4.78 is 26.5. The van der Waals surface area contributed by atoms with Crippen LogP contribution in [-0.4, -0.2) is 34.1 Å². The van der Waals surface area contributed by atoms with E-state index in [1.54, 1.807) is 60.7 Å². The summed E-state index contributed by atoms with van der Waals surface area (Å²) in [5, 5.41) is 20.3. The molecule has 41 heavy (non-hydrogen) atoms. The minimum atomic E-state index is -1.01. The quantitative estimate of drug-likeness (QED) is 0.106. The number of aromatic nitrogens is 2. The number of methoxy groups -OCH3 is 1. The van der Waals surface area contributed by atoms with Crippen molar-refractivity contribution in [1.29, 1.82) is 0 Å². The standard InChI is InChI=1S/C29H19BrFN3O5S2/c1-38-20-11-5-8-16-13-21(39-26(16)20)24(35)22-23(15-7-4-9-18(30)12-15)34(27(37)25(22)36)28-32-33-29(41-28)40-14-17-6-2-3-10-19(17)31/h2-13,23,36H,14H2,1H3. The van der Waals surface area contributed by atoms with Gasteiger partial charge in [0.05, 0.1) is 18.7 Å². The van der Waals surface area contributed by atoms with E-state index in [1.165, 1.54) is 29.8 Å². The molecule has 5 aromatic rings. The summed E-state index contributed by atoms with van der Waals surface area (Å²) in [6.07, 6.45) is 0. The first-order valence-corrected chi connectivity index (χ1v) is 14.8. The van der Waals surface area contributed by atoms with Crippen LogP contribution in [0.15, 0.2) is 97.4 Å². The molecule has 1 aliphatic rings. The number of furan rings is 1. The number of nitrogens with zero attached hydrogens (tertiary/aromatic N) is 3. The molecule has 1 amide bonds. The molecule has 1 aliphatic heterocycles. The van der Waals surface area contributed by atoms with Gasteiger partial charge in [0.1, 0.15) is 5.82 Å². The molecule has 206 valence electrons. The number of benzene rings is 3. The average Bonchev–Trinajstić information content (AvgIpc) is 3.69. The van der Waals surface area contributed by atoms with E-state index >= 15 is 0 Å². The van der Waals surface area contributed by atoms with Crippen LogP contribution in [0, 0.1) is 5.82 Å². The fourth-order valence-corrected chi connectivity index (χ4v) is 6.85. The Hall–Kier alpha value is -4.00. The molecule has 3 heterocycles. The Labute approximate surface area is 249 Å². The molecule has 3 aromatic carbocycles. The number of aliphatic hydroxyl groups is 1. The maximum Gasteiger partial charge on any atom is 0.296 e. The van der Waals surface area contributed by atoms with E-state index in [0.717, 1.165) is 11.3 Å². The molecule has 0 saturated heterocycles. The number of hydrogen-bond acceptors (Lipinski definition) is 9. The van der Waals surface area contributed by atoms with Gasteiger partial charge in [-0.3, -0.25) is 14.5 Å². The highest BCUT2D eigenvalue weighted by atomic mass is 79.9. The third-order valence-corrected chi connectivity index (χ3v) is 9.08. The van der Waals surface area contributed by atoms with E-state index in [0.29, 0.717) is 42.4 Å². The number of amides is 1. The Kier molecular flexibility index (Phi) is 7.37. The molecule has 0 radical (unpaired) electrons. The number of ether oxygens (including phenoxy) is 1. The van der Waals surface area contributed by atoms with Crippen molar-refractivity contribution in [2.45, 2.75) is 16.1 Å². The number of aliphatic hydroxyl groups excluding tert-OH is 1. The van der Waals surface area contributed by atoms with Crippen LogP contribution in [0.1, 0.15) is 27.7 Å². The first-order valence-electron chi connectivity index (χ1n) is 12.2. The molecule has 2 aromatic heterocycles. The average molecular weight is 653 g/mol. The van der Waals surface area contributed by atoms with E-state index in [9.17, 15) is 19.1 Å². The minimum Gasteiger partial charge on any atom is -0.503 e. The van der Waals surface area contributed by atoms with Gasteiger partial charge in [-0.2, -0.15) is 0 Å². The summed E-state index contributed by atoms with van der Waals surface area (Å²) in [4.78, 5) is 28.7. The lowest BCUT2D eigenvalue weighted by Crippen LogP contribution is -2.31. The van der Waals surface area contributed by atoms with Gasteiger partial charge >= 0.3 is 0 Å². The zero-order valence-electron chi connectivity index (χ0n) is 21.2. The highest BCUT2D eigenvalue weighted by molar-refractivity contribution is 9.10. The van der Waals surface area contributed by atoms with Gasteiger partial charge in [-0.25, -0.2) is 4.39 Å². The summed E-state index contributed by atoms with van der Waals surface area (Å²) >= 11 is 5.82. The van der Waals surface area contributed by atoms with Crippen molar-refractivity contribution < 1.29 is 28.2 Å². The van der Waals surface area contributed by atoms with E-state index in [2.05, 4.69) is 26.1 Å². The molecule has 0 fully saturated rings. The molecule has 0 saturated carbocycles. The Bertz CT molecular complexity index is 1850. The molecule has 0 bridgehead atoms. The molecular weight excluding hydrogens is 633 g/mol. The van der Waals surface area contributed by atoms with Crippen molar-refractivity contribution in [3.63, 3.8) is 0 Å². The Balaban J connectivity index is 1.38. The van der Waals surface area contributed by atoms with Gasteiger partial charge in [0.25, 0.3) is 5.91 Å². The highest BCUT2D eigenvalue weighted by Gasteiger charge is 2.47. The molecule has 0 spiro atoms. The van der Waals surface area contributed by atoms with Crippen LogP contribution < -0.4 is 9.64 Å². The van der Waals surface area contributed by atoms with Crippen molar-refractivity contribution in [3.8, 4) is 5.75 Å². The number of anilines is 1. The van der Waals surface area contributed by atoms with Gasteiger partial charge in [0.2, 0.25) is 10.9 Å². The molecule has 0 aliphatic carbocycles. The Morgan fingerprint density at radius 3 is 2.73 bits per heavy atom. The van der Waals surface area contributed by atoms with Gasteiger partial charge in [-0.05, 0) is 41.5 Å². The molecule has 1 atom stereocenters. The topological polar surface area (TPSA) is 106 Å². The van der Waals surface area contributed by atoms with Crippen molar-refractivity contribution >= 4 is 66.8 Å². The van der Waals surface area contributed by atoms with Gasteiger partial charge < -0.3 is 14.3 Å². The minimum absolute atomic E-state index is 0.0564. The normalized spacial score (nSPS) is 15.2. The number of hydrogen-bond donors (Lipinski definition) is 1. The van der Waals surface area contributed by atoms with Gasteiger partial charge in [0, 0.05) is 15.6 Å². The maximum atomic E-state index is 14.1. The van der Waals surface area contributed by atoms with Crippen molar-refractivity contribution in [1.82, 2.24) is 10.2 Å². The predicted octanol–water partition coefficient (Wildman–Crippen LogP) is 7.27. The van der Waals surface area contributed by atoms with Crippen molar-refractivity contribution in [2.75, 3.05) is 12.0 Å². The van der Waals surface area contributed by atoms with Crippen molar-refractivity contribution in [2.24, 2.45) is 0 Å². The SMILES string of the molecule is COc1cccc2cc(C(=O)C3=C(O)C(=O)N(c4nnc(SCc5ccccc5F)s4)C3c3cccc(Br)c3)oc12. The van der Waals surface area contributed by atoms with Crippen LogP contribution in [-0.2, 0) is 10.5 Å². The highest BCUT2D eigenvalue weighted by Crippen LogP contribution is 2.45. The van der Waals surface area contributed by atoms with Gasteiger partial charge in [-0.1, -0.05) is 81.5 Å². The van der Waals surface area contributed by atoms with E-state index in [1.807, 2.05) is 6.07 Å². The number of ketones is 1. The van der Waals surface area contributed by atoms with Crippen LogP contribution >= 0.6 is 39.0 Å². The second-order valence-electron chi connectivity index (χ2n) is 8.94. The fourth-order valence-electron chi connectivity index (χ4n) is 4.58. The lowest BCUT2D eigenvalue weighted by atomic mass is 9.95. The Morgan fingerprint density at radius 2 is 1.95 bits per heavy atom. The van der Waals surface area contributed by atoms with Crippen LogP contribution in [0.3, 0.4) is 0 Å². The second kappa shape index (κ2) is 11.1. The fraction of sp³-hybridized carbons (Fsp3) is 0.103. The molecule has 1 N–H and O–H groups in total. The summed E-state index contributed by atoms with van der Waals surface area (Å²) in [6, 6.07) is 19.3. The van der Waals surface area contributed by atoms with E-state index < -0.39 is 23.5 Å². The molecule has 8 nitrogen and oxygen atoms in total. The number of fused-ring (bicyclic) bond motifs is 1. The predicted molar refractivity (Wildman–Crippen MR) is 157 cm³/mol. The summed E-state index contributed by atoms with van der Waals surface area (Å²) in [7, 11) is 1.49. The third kappa shape index (κ3) is 5.03. The van der Waals surface area contributed by atoms with Crippen LogP contribution in [0.25, 0.3) is 11.0 Å². The van der Waals surface area contributed by atoms with E-state index in [-0.39, 0.29) is 22.3 Å². The zero-order chi connectivity index (χ0) is 28.7. The maximum absolute atomic E-state index is 14.1. The Morgan fingerprint density at radius 1 is 1.15 bits per heavy atom. The van der Waals surface area contributed by atoms with Crippen LogP contribution in [0.5, 0.6) is 5.75 Å². The summed E-state index contributed by atoms with van der Waals surface area (Å²) in [5.74, 6) is -1.78. The number of para-hydroxylation sites is 1. The van der Waals surface area contributed by atoms with Gasteiger partial charge in [0.15, 0.2) is 27.2 Å². The number of carbonyl (C=O) groups excluding carboxylic acids is 2. The number of rotatable bonds is 8. The molecule has 1 unspecified atom stereocenters. The van der Waals surface area contributed by atoms with Crippen LogP contribution in [0.2, 0.25) is 0 Å².